The highest BCUT2D eigenvalue weighted by molar-refractivity contribution is 7.99. The molecular weight excluding hydrogens is 292 g/mol. The van der Waals surface area contributed by atoms with Crippen LogP contribution in [0.15, 0.2) is 29.2 Å². The van der Waals surface area contributed by atoms with Crippen molar-refractivity contribution in [2.45, 2.75) is 17.9 Å². The minimum atomic E-state index is -3.50. The molecule has 2 rings (SSSR count). The van der Waals surface area contributed by atoms with Crippen LogP contribution in [-0.4, -0.2) is 43.4 Å². The number of rotatable bonds is 2. The first kappa shape index (κ1) is 15.4. The lowest BCUT2D eigenvalue weighted by atomic mass is 10.2. The molecule has 0 spiro atoms. The van der Waals surface area contributed by atoms with Crippen LogP contribution in [-0.2, 0) is 10.0 Å². The number of hydrogen-bond acceptors (Lipinski definition) is 4. The maximum Gasteiger partial charge on any atom is 0.244 e. The first-order valence-corrected chi connectivity index (χ1v) is 9.04. The van der Waals surface area contributed by atoms with Gasteiger partial charge in [-0.05, 0) is 19.1 Å². The maximum absolute atomic E-state index is 12.8. The topological polar surface area (TPSA) is 63.4 Å². The monoisotopic (exact) mass is 310 g/mol. The molecule has 2 N–H and O–H groups in total. The molecule has 0 bridgehead atoms. The second-order valence-electron chi connectivity index (χ2n) is 4.54. The molecule has 1 aliphatic heterocycles. The molecule has 1 fully saturated rings. The van der Waals surface area contributed by atoms with E-state index in [1.165, 1.54) is 0 Å². The molecule has 1 saturated heterocycles. The van der Waals surface area contributed by atoms with Crippen LogP contribution in [0.25, 0.3) is 0 Å². The Morgan fingerprint density at radius 1 is 1.45 bits per heavy atom. The van der Waals surface area contributed by atoms with Crippen molar-refractivity contribution in [2.75, 3.05) is 24.6 Å². The van der Waals surface area contributed by atoms with Gasteiger partial charge in [0.1, 0.15) is 0 Å². The summed E-state index contributed by atoms with van der Waals surface area (Å²) in [5, 5.41) is 0. The lowest BCUT2D eigenvalue weighted by Crippen LogP contribution is -2.44. The molecule has 0 radical (unpaired) electrons. The molecule has 20 heavy (non-hydrogen) atoms. The smallest absolute Gasteiger partial charge is 0.244 e. The quantitative estimate of drug-likeness (QED) is 0.832. The molecule has 0 aromatic heterocycles. The predicted octanol–water partition coefficient (Wildman–Crippen LogP) is 1.12. The number of hydrogen-bond donors (Lipinski definition) is 1. The summed E-state index contributed by atoms with van der Waals surface area (Å²) in [5.74, 6) is 7.23. The van der Waals surface area contributed by atoms with Gasteiger partial charge in [-0.25, -0.2) is 8.42 Å². The van der Waals surface area contributed by atoms with Crippen molar-refractivity contribution >= 4 is 21.8 Å². The third-order valence-corrected chi connectivity index (χ3v) is 6.37. The second kappa shape index (κ2) is 6.64. The van der Waals surface area contributed by atoms with E-state index in [9.17, 15) is 8.42 Å². The highest BCUT2D eigenvalue weighted by atomic mass is 32.2. The summed E-state index contributed by atoms with van der Waals surface area (Å²) in [5.41, 5.74) is 5.88. The lowest BCUT2D eigenvalue weighted by molar-refractivity contribution is 0.367. The Hall–Kier alpha value is -1.00. The third kappa shape index (κ3) is 3.18. The number of nitrogens with zero attached hydrogens (tertiary/aromatic N) is 1. The van der Waals surface area contributed by atoms with E-state index >= 15 is 0 Å². The fourth-order valence-electron chi connectivity index (χ4n) is 2.14. The van der Waals surface area contributed by atoms with Crippen LogP contribution < -0.4 is 5.73 Å². The van der Waals surface area contributed by atoms with Crippen molar-refractivity contribution < 1.29 is 8.42 Å². The normalized spacial score (nSPS) is 20.2. The molecule has 0 aliphatic carbocycles. The average molecular weight is 310 g/mol. The fraction of sp³-hybridized carbons (Fsp3) is 0.429. The molecule has 1 heterocycles. The summed E-state index contributed by atoms with van der Waals surface area (Å²) < 4.78 is 27.2. The van der Waals surface area contributed by atoms with Gasteiger partial charge in [0.25, 0.3) is 0 Å². The van der Waals surface area contributed by atoms with Crippen LogP contribution in [0.3, 0.4) is 0 Å². The van der Waals surface area contributed by atoms with Crippen LogP contribution in [0.5, 0.6) is 0 Å². The van der Waals surface area contributed by atoms with Crippen molar-refractivity contribution in [3.05, 3.63) is 29.8 Å². The molecule has 6 heteroatoms. The molecule has 1 unspecified atom stereocenters. The van der Waals surface area contributed by atoms with E-state index in [1.807, 2.05) is 6.92 Å². The molecule has 0 saturated carbocycles. The largest absolute Gasteiger partial charge is 0.320 e. The van der Waals surface area contributed by atoms with Crippen molar-refractivity contribution in [1.29, 1.82) is 0 Å². The molecular formula is C14H18N2O2S2. The van der Waals surface area contributed by atoms with E-state index in [0.29, 0.717) is 12.1 Å². The molecule has 0 amide bonds. The van der Waals surface area contributed by atoms with Gasteiger partial charge in [0.2, 0.25) is 10.0 Å². The van der Waals surface area contributed by atoms with Gasteiger partial charge in [-0.2, -0.15) is 16.1 Å². The van der Waals surface area contributed by atoms with E-state index in [-0.39, 0.29) is 17.5 Å². The zero-order valence-electron chi connectivity index (χ0n) is 11.4. The molecule has 4 nitrogen and oxygen atoms in total. The highest BCUT2D eigenvalue weighted by Crippen LogP contribution is 2.26. The van der Waals surface area contributed by atoms with Gasteiger partial charge in [0.05, 0.1) is 11.4 Å². The standard InChI is InChI=1S/C14H18N2O2S2/c1-12-11-19-10-9-16(12)20(17,18)14-7-3-2-5-13(14)6-4-8-15/h2-3,5,7,12H,8-11,15H2,1H3. The van der Waals surface area contributed by atoms with Gasteiger partial charge in [-0.1, -0.05) is 24.0 Å². The van der Waals surface area contributed by atoms with E-state index in [1.54, 1.807) is 40.3 Å². The molecule has 1 aromatic rings. The molecule has 1 aromatic carbocycles. The summed E-state index contributed by atoms with van der Waals surface area (Å²) in [4.78, 5) is 0.278. The second-order valence-corrected chi connectivity index (χ2v) is 7.55. The van der Waals surface area contributed by atoms with Crippen molar-refractivity contribution in [3.63, 3.8) is 0 Å². The van der Waals surface area contributed by atoms with Crippen molar-refractivity contribution in [1.82, 2.24) is 4.31 Å². The Bertz CT molecular complexity index is 632. The van der Waals surface area contributed by atoms with E-state index in [2.05, 4.69) is 11.8 Å². The van der Waals surface area contributed by atoms with Gasteiger partial charge in [-0.15, -0.1) is 0 Å². The average Bonchev–Trinajstić information content (AvgIpc) is 2.45. The van der Waals surface area contributed by atoms with Gasteiger partial charge < -0.3 is 5.73 Å². The summed E-state index contributed by atoms with van der Waals surface area (Å²) >= 11 is 1.79. The Balaban J connectivity index is 2.44. The van der Waals surface area contributed by atoms with Gasteiger partial charge in [-0.3, -0.25) is 0 Å². The van der Waals surface area contributed by atoms with Crippen LogP contribution >= 0.6 is 11.8 Å². The first-order valence-electron chi connectivity index (χ1n) is 6.45. The Morgan fingerprint density at radius 3 is 2.90 bits per heavy atom. The Kier molecular flexibility index (Phi) is 5.11. The predicted molar refractivity (Wildman–Crippen MR) is 83.1 cm³/mol. The first-order chi connectivity index (χ1) is 9.57. The van der Waals surface area contributed by atoms with Crippen LogP contribution in [0.4, 0.5) is 0 Å². The molecule has 1 aliphatic rings. The zero-order chi connectivity index (χ0) is 14.6. The molecule has 108 valence electrons. The van der Waals surface area contributed by atoms with Crippen molar-refractivity contribution in [2.24, 2.45) is 5.73 Å². The van der Waals surface area contributed by atoms with Crippen LogP contribution in [0.1, 0.15) is 12.5 Å². The van der Waals surface area contributed by atoms with E-state index in [4.69, 9.17) is 5.73 Å². The maximum atomic E-state index is 12.8. The van der Waals surface area contributed by atoms with E-state index in [0.717, 1.165) is 11.5 Å². The Labute approximate surface area is 124 Å². The van der Waals surface area contributed by atoms with Gasteiger partial charge in [0.15, 0.2) is 0 Å². The van der Waals surface area contributed by atoms with Crippen LogP contribution in [0.2, 0.25) is 0 Å². The summed E-state index contributed by atoms with van der Waals surface area (Å²) in [6.45, 7) is 2.70. The number of benzene rings is 1. The van der Waals surface area contributed by atoms with Crippen LogP contribution in [0, 0.1) is 11.8 Å². The summed E-state index contributed by atoms with van der Waals surface area (Å²) in [6.07, 6.45) is 0. The fourth-order valence-corrected chi connectivity index (χ4v) is 5.14. The number of sulfonamides is 1. The minimum absolute atomic E-state index is 0.00859. The van der Waals surface area contributed by atoms with Crippen molar-refractivity contribution in [3.8, 4) is 11.8 Å². The molecule has 1 atom stereocenters. The van der Waals surface area contributed by atoms with Gasteiger partial charge in [0, 0.05) is 29.7 Å². The summed E-state index contributed by atoms with van der Waals surface area (Å²) in [6, 6.07) is 6.86. The highest BCUT2D eigenvalue weighted by Gasteiger charge is 2.32. The van der Waals surface area contributed by atoms with E-state index < -0.39 is 10.0 Å². The van der Waals surface area contributed by atoms with Gasteiger partial charge >= 0.3 is 0 Å². The third-order valence-electron chi connectivity index (χ3n) is 3.11. The zero-order valence-corrected chi connectivity index (χ0v) is 13.0. The lowest BCUT2D eigenvalue weighted by Gasteiger charge is -2.32. The summed E-state index contributed by atoms with van der Waals surface area (Å²) in [7, 11) is -3.50. The number of thioether (sulfide) groups is 1. The minimum Gasteiger partial charge on any atom is -0.320 e. The number of nitrogens with two attached hydrogens (primary N) is 1. The Morgan fingerprint density at radius 2 is 2.20 bits per heavy atom. The SMILES string of the molecule is CC1CSCCN1S(=O)(=O)c1ccccc1C#CCN.